The SMILES string of the molecule is CCCCCCCCCCCCCCCCC1([n+]2cc[nH]c2)CCCC(C)C1. The molecule has 1 aliphatic carbocycles. The van der Waals surface area contributed by atoms with Crippen molar-refractivity contribution < 1.29 is 4.57 Å². The maximum Gasteiger partial charge on any atom is 0.241 e. The van der Waals surface area contributed by atoms with Gasteiger partial charge in [0.1, 0.15) is 17.9 Å². The molecule has 2 unspecified atom stereocenters. The number of unbranched alkanes of at least 4 members (excludes halogenated alkanes) is 13. The zero-order valence-corrected chi connectivity index (χ0v) is 19.2. The zero-order valence-electron chi connectivity index (χ0n) is 19.2. The van der Waals surface area contributed by atoms with Crippen molar-refractivity contribution in [3.8, 4) is 0 Å². The van der Waals surface area contributed by atoms with Crippen molar-refractivity contribution in [2.75, 3.05) is 0 Å². The summed E-state index contributed by atoms with van der Waals surface area (Å²) in [7, 11) is 0. The first-order valence-corrected chi connectivity index (χ1v) is 12.8. The normalized spacial score (nSPS) is 22.6. The molecule has 0 aliphatic heterocycles. The van der Waals surface area contributed by atoms with E-state index in [1.807, 2.05) is 0 Å². The van der Waals surface area contributed by atoms with E-state index in [1.165, 1.54) is 122 Å². The number of nitrogens with one attached hydrogen (secondary N) is 1. The van der Waals surface area contributed by atoms with Crippen LogP contribution in [0.3, 0.4) is 0 Å². The maximum atomic E-state index is 3.28. The van der Waals surface area contributed by atoms with E-state index in [4.69, 9.17) is 0 Å². The molecule has 1 saturated carbocycles. The standard InChI is InChI=1S/C26H48N2/c1-3-4-5-6-7-8-9-10-11-12-13-14-15-16-19-26(28-22-21-27-24-28)20-17-18-25(2)23-26/h21-22,24-25H,3-20,23H2,1-2H3/p+1. The summed E-state index contributed by atoms with van der Waals surface area (Å²) in [5.74, 6) is 0.878. The lowest BCUT2D eigenvalue weighted by Crippen LogP contribution is -2.57. The molecular weight excluding hydrogens is 340 g/mol. The van der Waals surface area contributed by atoms with E-state index in [2.05, 4.69) is 42.1 Å². The van der Waals surface area contributed by atoms with Gasteiger partial charge in [0.25, 0.3) is 0 Å². The highest BCUT2D eigenvalue weighted by atomic mass is 15.1. The highest BCUT2D eigenvalue weighted by molar-refractivity contribution is 4.82. The van der Waals surface area contributed by atoms with E-state index in [-0.39, 0.29) is 0 Å². The quantitative estimate of drug-likeness (QED) is 0.218. The fourth-order valence-corrected chi connectivity index (χ4v) is 5.46. The first kappa shape index (κ1) is 23.5. The predicted octanol–water partition coefficient (Wildman–Crippen LogP) is 8.08. The Morgan fingerprint density at radius 3 is 1.93 bits per heavy atom. The average Bonchev–Trinajstić information content (AvgIpc) is 3.24. The summed E-state index contributed by atoms with van der Waals surface area (Å²) in [5.41, 5.74) is 0.398. The number of rotatable bonds is 16. The molecule has 1 N–H and O–H groups in total. The molecule has 1 heterocycles. The third kappa shape index (κ3) is 8.70. The fourth-order valence-electron chi connectivity index (χ4n) is 5.46. The zero-order chi connectivity index (χ0) is 19.9. The molecule has 0 aromatic carbocycles. The minimum atomic E-state index is 0.398. The molecule has 1 aromatic heterocycles. The van der Waals surface area contributed by atoms with E-state index < -0.39 is 0 Å². The minimum absolute atomic E-state index is 0.398. The van der Waals surface area contributed by atoms with Crippen molar-refractivity contribution in [1.82, 2.24) is 4.98 Å². The maximum absolute atomic E-state index is 3.28. The Labute approximate surface area is 175 Å². The average molecular weight is 390 g/mol. The van der Waals surface area contributed by atoms with Crippen LogP contribution in [0.1, 0.15) is 136 Å². The third-order valence-corrected chi connectivity index (χ3v) is 7.16. The van der Waals surface area contributed by atoms with Crippen molar-refractivity contribution in [1.29, 1.82) is 0 Å². The van der Waals surface area contributed by atoms with Gasteiger partial charge in [-0.2, -0.15) is 0 Å². The van der Waals surface area contributed by atoms with Gasteiger partial charge in [-0.05, 0) is 38.0 Å². The van der Waals surface area contributed by atoms with E-state index in [0.29, 0.717) is 5.54 Å². The molecule has 28 heavy (non-hydrogen) atoms. The molecule has 0 bridgehead atoms. The largest absolute Gasteiger partial charge is 0.250 e. The number of aromatic amines is 1. The van der Waals surface area contributed by atoms with Crippen molar-refractivity contribution >= 4 is 0 Å². The summed E-state index contributed by atoms with van der Waals surface area (Å²) < 4.78 is 2.50. The molecule has 1 aromatic rings. The number of nitrogens with zero attached hydrogens (tertiary/aromatic N) is 1. The second kappa shape index (κ2) is 14.2. The highest BCUT2D eigenvalue weighted by Gasteiger charge is 2.39. The van der Waals surface area contributed by atoms with Crippen LogP contribution in [0.25, 0.3) is 0 Å². The van der Waals surface area contributed by atoms with Gasteiger partial charge in [0, 0.05) is 0 Å². The van der Waals surface area contributed by atoms with Crippen molar-refractivity contribution in [2.24, 2.45) is 5.92 Å². The molecule has 0 radical (unpaired) electrons. The number of imidazole rings is 1. The summed E-state index contributed by atoms with van der Waals surface area (Å²) in [6.07, 6.45) is 33.8. The van der Waals surface area contributed by atoms with Crippen LogP contribution in [0.2, 0.25) is 0 Å². The van der Waals surface area contributed by atoms with Crippen LogP contribution < -0.4 is 4.57 Å². The van der Waals surface area contributed by atoms with Gasteiger partial charge >= 0.3 is 0 Å². The van der Waals surface area contributed by atoms with Crippen molar-refractivity contribution in [3.05, 3.63) is 18.7 Å². The molecule has 0 spiro atoms. The van der Waals surface area contributed by atoms with Crippen LogP contribution in [0.4, 0.5) is 0 Å². The van der Waals surface area contributed by atoms with E-state index in [9.17, 15) is 0 Å². The molecule has 2 rings (SSSR count). The van der Waals surface area contributed by atoms with Gasteiger partial charge in [-0.15, -0.1) is 0 Å². The van der Waals surface area contributed by atoms with Gasteiger partial charge in [-0.1, -0.05) is 104 Å². The summed E-state index contributed by atoms with van der Waals surface area (Å²) in [6, 6.07) is 0. The Kier molecular flexibility index (Phi) is 11.9. The molecule has 2 nitrogen and oxygen atoms in total. The molecule has 1 fully saturated rings. The number of hydrogen-bond donors (Lipinski definition) is 1. The van der Waals surface area contributed by atoms with Gasteiger partial charge in [-0.3, -0.25) is 4.98 Å². The Balaban J connectivity index is 1.48. The first-order valence-electron chi connectivity index (χ1n) is 12.8. The third-order valence-electron chi connectivity index (χ3n) is 7.16. The second-order valence-corrected chi connectivity index (χ2v) is 9.79. The van der Waals surface area contributed by atoms with Crippen LogP contribution in [-0.4, -0.2) is 4.98 Å². The molecule has 0 saturated heterocycles. The molecule has 162 valence electrons. The summed E-state index contributed by atoms with van der Waals surface area (Å²) >= 11 is 0. The van der Waals surface area contributed by atoms with Crippen molar-refractivity contribution in [3.63, 3.8) is 0 Å². The van der Waals surface area contributed by atoms with Crippen LogP contribution in [0, 0.1) is 5.92 Å². The van der Waals surface area contributed by atoms with Crippen LogP contribution >= 0.6 is 0 Å². The lowest BCUT2D eigenvalue weighted by molar-refractivity contribution is -0.769. The van der Waals surface area contributed by atoms with E-state index in [0.717, 1.165) is 5.92 Å². The Morgan fingerprint density at radius 2 is 1.43 bits per heavy atom. The lowest BCUT2D eigenvalue weighted by Gasteiger charge is -2.37. The van der Waals surface area contributed by atoms with Gasteiger partial charge < -0.3 is 0 Å². The van der Waals surface area contributed by atoms with Gasteiger partial charge in [0.15, 0.2) is 0 Å². The topological polar surface area (TPSA) is 19.7 Å². The van der Waals surface area contributed by atoms with E-state index >= 15 is 0 Å². The summed E-state index contributed by atoms with van der Waals surface area (Å²) in [4.78, 5) is 3.28. The molecule has 0 amide bonds. The Bertz CT molecular complexity index is 467. The lowest BCUT2D eigenvalue weighted by atomic mass is 9.73. The van der Waals surface area contributed by atoms with Crippen molar-refractivity contribution in [2.45, 2.75) is 141 Å². The summed E-state index contributed by atoms with van der Waals surface area (Å²) in [5, 5.41) is 0. The van der Waals surface area contributed by atoms with Gasteiger partial charge in [-0.25, -0.2) is 4.57 Å². The Hall–Kier alpha value is -0.790. The number of H-pyrrole nitrogens is 1. The van der Waals surface area contributed by atoms with Gasteiger partial charge in [0.05, 0.1) is 0 Å². The summed E-state index contributed by atoms with van der Waals surface area (Å²) in [6.45, 7) is 4.75. The predicted molar refractivity (Wildman–Crippen MR) is 122 cm³/mol. The molecule has 2 heteroatoms. The van der Waals surface area contributed by atoms with E-state index in [1.54, 1.807) is 0 Å². The smallest absolute Gasteiger partial charge is 0.241 e. The monoisotopic (exact) mass is 389 g/mol. The van der Waals surface area contributed by atoms with Crippen LogP contribution in [0.15, 0.2) is 18.7 Å². The van der Waals surface area contributed by atoms with Crippen LogP contribution in [-0.2, 0) is 5.54 Å². The highest BCUT2D eigenvalue weighted by Crippen LogP contribution is 2.38. The fraction of sp³-hybridized carbons (Fsp3) is 0.885. The minimum Gasteiger partial charge on any atom is -0.250 e. The number of aromatic nitrogens is 2. The Morgan fingerprint density at radius 1 is 0.857 bits per heavy atom. The second-order valence-electron chi connectivity index (χ2n) is 9.79. The first-order chi connectivity index (χ1) is 13.8. The van der Waals surface area contributed by atoms with Crippen LogP contribution in [0.5, 0.6) is 0 Å². The molecule has 2 atom stereocenters. The molecular formula is C26H49N2+. The molecule has 1 aliphatic rings. The number of hydrogen-bond acceptors (Lipinski definition) is 0. The van der Waals surface area contributed by atoms with Gasteiger partial charge in [0.2, 0.25) is 6.33 Å².